The second-order valence-corrected chi connectivity index (χ2v) is 15.2. The van der Waals surface area contributed by atoms with Crippen molar-refractivity contribution < 1.29 is 0 Å². The molecule has 1 aliphatic rings. The molecule has 11 rings (SSSR count). The quantitative estimate of drug-likeness (QED) is 0.158. The Morgan fingerprint density at radius 3 is 1.88 bits per heavy atom. The molecule has 2 nitrogen and oxygen atoms in total. The SMILES string of the molecule is C1=CCC(n2c3ccccc3c3c(-c4cccc(N(c5ccc(-c6cccc(-c7ccccc7)c6)cc5)c5cccc6ccccc56)c4)cc4ccccc4c32)C=C1. The van der Waals surface area contributed by atoms with Gasteiger partial charge in [-0.2, -0.15) is 0 Å². The standard InChI is InChI=1S/C56H40N2/c1-3-16-39(17-4-1)42-21-13-22-43(36-42)40-32-34-47(35-33-40)57(53-31-15-20-41-18-7-9-27-49(41)53)48-26-14-23-44(37-48)52-38-45-19-8-10-28-50(45)56-55(52)51-29-11-12-30-54(51)58(56)46-24-5-2-6-25-46/h1-24,26-38,46H,25H2. The molecule has 0 saturated carbocycles. The van der Waals surface area contributed by atoms with Gasteiger partial charge in [0.2, 0.25) is 0 Å². The van der Waals surface area contributed by atoms with Crippen LogP contribution in [-0.2, 0) is 0 Å². The lowest BCUT2D eigenvalue weighted by molar-refractivity contribution is 0.649. The molecular formula is C56H40N2. The third-order valence-electron chi connectivity index (χ3n) is 11.8. The Kier molecular flexibility index (Phi) is 8.33. The summed E-state index contributed by atoms with van der Waals surface area (Å²) in [7, 11) is 0. The number of nitrogens with zero attached hydrogens (tertiary/aromatic N) is 2. The summed E-state index contributed by atoms with van der Waals surface area (Å²) in [6.07, 6.45) is 9.96. The van der Waals surface area contributed by atoms with Crippen LogP contribution in [0.25, 0.3) is 76.7 Å². The van der Waals surface area contributed by atoms with E-state index in [-0.39, 0.29) is 6.04 Å². The number of rotatable bonds is 7. The fourth-order valence-corrected chi connectivity index (χ4v) is 9.15. The molecule has 9 aromatic carbocycles. The first-order valence-electron chi connectivity index (χ1n) is 20.2. The van der Waals surface area contributed by atoms with Gasteiger partial charge in [0.05, 0.1) is 17.2 Å². The number of aromatic nitrogens is 1. The van der Waals surface area contributed by atoms with E-state index in [2.05, 4.69) is 234 Å². The highest BCUT2D eigenvalue weighted by Gasteiger charge is 2.23. The number of hydrogen-bond acceptors (Lipinski definition) is 1. The number of benzene rings is 9. The van der Waals surface area contributed by atoms with Gasteiger partial charge in [-0.15, -0.1) is 0 Å². The van der Waals surface area contributed by atoms with Crippen LogP contribution in [0.4, 0.5) is 17.1 Å². The van der Waals surface area contributed by atoms with E-state index in [0.717, 1.165) is 23.5 Å². The smallest absolute Gasteiger partial charge is 0.0583 e. The van der Waals surface area contributed by atoms with E-state index in [1.54, 1.807) is 0 Å². The van der Waals surface area contributed by atoms with Gasteiger partial charge in [-0.1, -0.05) is 176 Å². The highest BCUT2D eigenvalue weighted by atomic mass is 15.1. The van der Waals surface area contributed by atoms with E-state index in [1.807, 2.05) is 0 Å². The second-order valence-electron chi connectivity index (χ2n) is 15.2. The molecule has 0 spiro atoms. The summed E-state index contributed by atoms with van der Waals surface area (Å²) in [6.45, 7) is 0. The number of para-hydroxylation sites is 1. The van der Waals surface area contributed by atoms with Crippen molar-refractivity contribution in [1.29, 1.82) is 0 Å². The lowest BCUT2D eigenvalue weighted by Crippen LogP contribution is -2.10. The molecule has 10 aromatic rings. The molecule has 274 valence electrons. The Bertz CT molecular complexity index is 3200. The van der Waals surface area contributed by atoms with Gasteiger partial charge in [-0.3, -0.25) is 0 Å². The molecule has 2 heteroatoms. The Morgan fingerprint density at radius 1 is 0.431 bits per heavy atom. The summed E-state index contributed by atoms with van der Waals surface area (Å²) in [6, 6.07) is 73.5. The number of hydrogen-bond donors (Lipinski definition) is 0. The van der Waals surface area contributed by atoms with Gasteiger partial charge in [-0.05, 0) is 99.1 Å². The van der Waals surface area contributed by atoms with Gasteiger partial charge in [0, 0.05) is 38.4 Å². The third-order valence-corrected chi connectivity index (χ3v) is 11.8. The van der Waals surface area contributed by atoms with Crippen LogP contribution >= 0.6 is 0 Å². The van der Waals surface area contributed by atoms with Gasteiger partial charge in [0.15, 0.2) is 0 Å². The van der Waals surface area contributed by atoms with Gasteiger partial charge in [0.25, 0.3) is 0 Å². The molecule has 1 atom stereocenters. The summed E-state index contributed by atoms with van der Waals surface area (Å²) in [5, 5.41) is 7.53. The second kappa shape index (κ2) is 14.3. The van der Waals surface area contributed by atoms with Crippen LogP contribution in [0, 0.1) is 0 Å². The molecule has 0 radical (unpaired) electrons. The lowest BCUT2D eigenvalue weighted by Gasteiger charge is -2.27. The van der Waals surface area contributed by atoms with Crippen molar-refractivity contribution >= 4 is 60.4 Å². The minimum absolute atomic E-state index is 0.239. The Morgan fingerprint density at radius 2 is 1.07 bits per heavy atom. The van der Waals surface area contributed by atoms with E-state index in [1.165, 1.54) is 76.7 Å². The Labute approximate surface area is 338 Å². The van der Waals surface area contributed by atoms with Crippen LogP contribution in [-0.4, -0.2) is 4.57 Å². The van der Waals surface area contributed by atoms with Crippen LogP contribution in [0.3, 0.4) is 0 Å². The predicted molar refractivity (Wildman–Crippen MR) is 247 cm³/mol. The zero-order valence-corrected chi connectivity index (χ0v) is 32.0. The summed E-state index contributed by atoms with van der Waals surface area (Å²) in [5.41, 5.74) is 13.2. The molecule has 0 fully saturated rings. The Balaban J connectivity index is 1.10. The average Bonchev–Trinajstić information content (AvgIpc) is 3.66. The molecule has 1 aromatic heterocycles. The van der Waals surface area contributed by atoms with Gasteiger partial charge in [-0.25, -0.2) is 0 Å². The van der Waals surface area contributed by atoms with Crippen LogP contribution in [0.1, 0.15) is 12.5 Å². The van der Waals surface area contributed by atoms with E-state index in [0.29, 0.717) is 0 Å². The van der Waals surface area contributed by atoms with Crippen LogP contribution < -0.4 is 4.90 Å². The maximum absolute atomic E-state index is 2.58. The molecule has 0 saturated heterocycles. The first-order valence-corrected chi connectivity index (χ1v) is 20.2. The molecule has 0 N–H and O–H groups in total. The molecular weight excluding hydrogens is 701 g/mol. The van der Waals surface area contributed by atoms with E-state index in [9.17, 15) is 0 Å². The number of anilines is 3. The normalized spacial score (nSPS) is 13.8. The molecule has 0 amide bonds. The zero-order chi connectivity index (χ0) is 38.4. The maximum Gasteiger partial charge on any atom is 0.0583 e. The zero-order valence-electron chi connectivity index (χ0n) is 32.0. The largest absolute Gasteiger partial charge is 0.333 e. The van der Waals surface area contributed by atoms with Crippen molar-refractivity contribution in [1.82, 2.24) is 4.57 Å². The number of fused-ring (bicyclic) bond motifs is 6. The molecule has 1 heterocycles. The van der Waals surface area contributed by atoms with Gasteiger partial charge >= 0.3 is 0 Å². The highest BCUT2D eigenvalue weighted by molar-refractivity contribution is 6.23. The topological polar surface area (TPSA) is 8.17 Å². The monoisotopic (exact) mass is 740 g/mol. The lowest BCUT2D eigenvalue weighted by atomic mass is 9.94. The van der Waals surface area contributed by atoms with E-state index in [4.69, 9.17) is 0 Å². The van der Waals surface area contributed by atoms with Crippen molar-refractivity contribution in [3.05, 3.63) is 224 Å². The van der Waals surface area contributed by atoms with Crippen LogP contribution in [0.2, 0.25) is 0 Å². The van der Waals surface area contributed by atoms with Crippen molar-refractivity contribution in [2.75, 3.05) is 4.90 Å². The first-order chi connectivity index (χ1) is 28.8. The summed E-state index contributed by atoms with van der Waals surface area (Å²) in [5.74, 6) is 0. The van der Waals surface area contributed by atoms with Crippen molar-refractivity contribution in [3.8, 4) is 33.4 Å². The maximum atomic E-state index is 2.58. The van der Waals surface area contributed by atoms with Crippen LogP contribution in [0.5, 0.6) is 0 Å². The summed E-state index contributed by atoms with van der Waals surface area (Å²) in [4.78, 5) is 2.43. The van der Waals surface area contributed by atoms with Crippen molar-refractivity contribution in [2.24, 2.45) is 0 Å². The molecule has 1 unspecified atom stereocenters. The molecule has 58 heavy (non-hydrogen) atoms. The van der Waals surface area contributed by atoms with Crippen molar-refractivity contribution in [2.45, 2.75) is 12.5 Å². The summed E-state index contributed by atoms with van der Waals surface area (Å²) >= 11 is 0. The van der Waals surface area contributed by atoms with E-state index >= 15 is 0 Å². The van der Waals surface area contributed by atoms with Crippen molar-refractivity contribution in [3.63, 3.8) is 0 Å². The third kappa shape index (κ3) is 5.81. The first kappa shape index (κ1) is 33.9. The minimum atomic E-state index is 0.239. The minimum Gasteiger partial charge on any atom is -0.333 e. The van der Waals surface area contributed by atoms with Gasteiger partial charge in [0.1, 0.15) is 0 Å². The molecule has 0 aliphatic heterocycles. The number of allylic oxidation sites excluding steroid dienone is 4. The van der Waals surface area contributed by atoms with E-state index < -0.39 is 0 Å². The predicted octanol–water partition coefficient (Wildman–Crippen LogP) is 15.6. The molecule has 1 aliphatic carbocycles. The fourth-order valence-electron chi connectivity index (χ4n) is 9.15. The average molecular weight is 741 g/mol. The van der Waals surface area contributed by atoms with Crippen LogP contribution in [0.15, 0.2) is 224 Å². The molecule has 0 bridgehead atoms. The van der Waals surface area contributed by atoms with Gasteiger partial charge < -0.3 is 9.47 Å². The Hall–Kier alpha value is -7.42. The fraction of sp³-hybridized carbons (Fsp3) is 0.0357. The highest BCUT2D eigenvalue weighted by Crippen LogP contribution is 2.46. The summed E-state index contributed by atoms with van der Waals surface area (Å²) < 4.78 is 2.58.